The summed E-state index contributed by atoms with van der Waals surface area (Å²) in [4.78, 5) is 10.7. The van der Waals surface area contributed by atoms with E-state index in [0.717, 1.165) is 0 Å². The minimum absolute atomic E-state index is 0.0836. The summed E-state index contributed by atoms with van der Waals surface area (Å²) in [5, 5.41) is 28.0. The molecule has 4 N–H and O–H groups in total. The highest BCUT2D eigenvalue weighted by Gasteiger charge is 2.25. The number of amides is 1. The Hall–Kier alpha value is -1.61. The smallest absolute Gasteiger partial charge is 0.249 e. The molecule has 0 bridgehead atoms. The maximum atomic E-state index is 10.7. The van der Waals surface area contributed by atoms with Crippen LogP contribution >= 0.6 is 11.6 Å². The van der Waals surface area contributed by atoms with Crippen molar-refractivity contribution >= 4 is 17.5 Å². The second-order valence-corrected chi connectivity index (χ2v) is 3.57. The van der Waals surface area contributed by atoms with Crippen molar-refractivity contribution in [1.82, 2.24) is 0 Å². The molecule has 1 rings (SSSR count). The number of carbonyl (C=O) groups excluding carboxylic acids is 1. The van der Waals surface area contributed by atoms with Crippen LogP contribution in [0.5, 0.6) is 0 Å². The molecule has 0 spiro atoms. The number of aliphatic hydroxyl groups is 2. The number of hydrogen-bond acceptors (Lipinski definition) is 4. The van der Waals surface area contributed by atoms with Gasteiger partial charge in [-0.3, -0.25) is 4.79 Å². The lowest BCUT2D eigenvalue weighted by Crippen LogP contribution is -2.34. The molecule has 1 aromatic rings. The first-order chi connectivity index (χ1) is 7.47. The van der Waals surface area contributed by atoms with Gasteiger partial charge in [0.1, 0.15) is 6.10 Å². The Bertz CT molecular complexity index is 456. The second kappa shape index (κ2) is 4.94. The van der Waals surface area contributed by atoms with Crippen LogP contribution in [-0.4, -0.2) is 22.2 Å². The molecule has 0 heterocycles. The van der Waals surface area contributed by atoms with Crippen LogP contribution in [-0.2, 0) is 4.79 Å². The van der Waals surface area contributed by atoms with Crippen molar-refractivity contribution in [3.63, 3.8) is 0 Å². The van der Waals surface area contributed by atoms with Crippen molar-refractivity contribution in [1.29, 1.82) is 5.26 Å². The summed E-state index contributed by atoms with van der Waals surface area (Å²) in [6.45, 7) is 0. The van der Waals surface area contributed by atoms with Crippen molar-refractivity contribution in [3.05, 3.63) is 34.3 Å². The molecule has 5 nitrogen and oxygen atoms in total. The lowest BCUT2D eigenvalue weighted by atomic mass is 9.99. The van der Waals surface area contributed by atoms with Gasteiger partial charge in [-0.1, -0.05) is 17.7 Å². The van der Waals surface area contributed by atoms with Gasteiger partial charge in [0, 0.05) is 10.6 Å². The number of nitrogens with zero attached hydrogens (tertiary/aromatic N) is 1. The van der Waals surface area contributed by atoms with E-state index in [1.165, 1.54) is 18.2 Å². The van der Waals surface area contributed by atoms with Crippen LogP contribution in [0.4, 0.5) is 0 Å². The van der Waals surface area contributed by atoms with E-state index in [1.807, 2.05) is 0 Å². The van der Waals surface area contributed by atoms with Crippen molar-refractivity contribution in [2.75, 3.05) is 0 Å². The van der Waals surface area contributed by atoms with E-state index in [9.17, 15) is 15.0 Å². The number of benzene rings is 1. The molecule has 1 amide bonds. The monoisotopic (exact) mass is 240 g/mol. The molecule has 0 fully saturated rings. The van der Waals surface area contributed by atoms with Crippen LogP contribution in [0.25, 0.3) is 0 Å². The zero-order valence-electron chi connectivity index (χ0n) is 8.09. The van der Waals surface area contributed by atoms with E-state index in [1.54, 1.807) is 6.07 Å². The third-order valence-electron chi connectivity index (χ3n) is 2.05. The molecule has 2 unspecified atom stereocenters. The molecule has 0 saturated carbocycles. The first-order valence-electron chi connectivity index (χ1n) is 4.32. The Morgan fingerprint density at radius 2 is 2.12 bits per heavy atom. The predicted molar refractivity (Wildman–Crippen MR) is 56.3 cm³/mol. The van der Waals surface area contributed by atoms with E-state index in [4.69, 9.17) is 22.6 Å². The average Bonchev–Trinajstić information content (AvgIpc) is 2.26. The summed E-state index contributed by atoms with van der Waals surface area (Å²) in [5.74, 6) is -1.06. The molecule has 16 heavy (non-hydrogen) atoms. The zero-order valence-corrected chi connectivity index (χ0v) is 8.85. The molecule has 6 heteroatoms. The third-order valence-corrected chi connectivity index (χ3v) is 2.28. The van der Waals surface area contributed by atoms with Gasteiger partial charge in [0.25, 0.3) is 0 Å². The van der Waals surface area contributed by atoms with Crippen LogP contribution in [0.15, 0.2) is 18.2 Å². The number of nitrogens with two attached hydrogens (primary N) is 1. The Labute approximate surface area is 96.7 Å². The lowest BCUT2D eigenvalue weighted by Gasteiger charge is -2.16. The van der Waals surface area contributed by atoms with Gasteiger partial charge in [0.15, 0.2) is 6.10 Å². The minimum atomic E-state index is -1.76. The molecule has 0 aliphatic carbocycles. The van der Waals surface area contributed by atoms with Crippen molar-refractivity contribution in [2.45, 2.75) is 12.2 Å². The van der Waals surface area contributed by atoms with Gasteiger partial charge in [-0.2, -0.15) is 5.26 Å². The van der Waals surface area contributed by atoms with Gasteiger partial charge in [-0.05, 0) is 12.1 Å². The van der Waals surface area contributed by atoms with Gasteiger partial charge in [-0.25, -0.2) is 0 Å². The number of rotatable bonds is 3. The second-order valence-electron chi connectivity index (χ2n) is 3.14. The normalized spacial score (nSPS) is 13.9. The number of aliphatic hydroxyl groups excluding tert-OH is 2. The van der Waals surface area contributed by atoms with E-state index in [2.05, 4.69) is 0 Å². The van der Waals surface area contributed by atoms with E-state index in [0.29, 0.717) is 5.02 Å². The molecule has 0 aliphatic rings. The highest BCUT2D eigenvalue weighted by Crippen LogP contribution is 2.23. The highest BCUT2D eigenvalue weighted by molar-refractivity contribution is 6.30. The third kappa shape index (κ3) is 2.49. The summed E-state index contributed by atoms with van der Waals surface area (Å²) in [6.07, 6.45) is -3.29. The Morgan fingerprint density at radius 3 is 2.62 bits per heavy atom. The van der Waals surface area contributed by atoms with Gasteiger partial charge < -0.3 is 15.9 Å². The van der Waals surface area contributed by atoms with Crippen LogP contribution in [0.1, 0.15) is 17.2 Å². The van der Waals surface area contributed by atoms with Crippen LogP contribution in [0.2, 0.25) is 5.02 Å². The summed E-state index contributed by atoms with van der Waals surface area (Å²) < 4.78 is 0. The molecule has 0 aliphatic heterocycles. The molecular formula is C10H9ClN2O3. The number of carbonyl (C=O) groups is 1. The largest absolute Gasteiger partial charge is 0.385 e. The highest BCUT2D eigenvalue weighted by atomic mass is 35.5. The van der Waals surface area contributed by atoms with E-state index < -0.39 is 18.1 Å². The molecule has 0 saturated heterocycles. The topological polar surface area (TPSA) is 107 Å². The average molecular weight is 241 g/mol. The first kappa shape index (κ1) is 12.5. The first-order valence-corrected chi connectivity index (χ1v) is 4.70. The minimum Gasteiger partial charge on any atom is -0.385 e. The Balaban J connectivity index is 3.14. The fraction of sp³-hybridized carbons (Fsp3) is 0.200. The van der Waals surface area contributed by atoms with Crippen LogP contribution in [0, 0.1) is 11.3 Å². The molecular weight excluding hydrogens is 232 g/mol. The van der Waals surface area contributed by atoms with Gasteiger partial charge >= 0.3 is 0 Å². The maximum Gasteiger partial charge on any atom is 0.249 e. The van der Waals surface area contributed by atoms with Gasteiger partial charge in [0.2, 0.25) is 5.91 Å². The standard InChI is InChI=1S/C10H9ClN2O3/c11-6-1-2-7(5(3-6)4-12)8(14)9(15)10(13)16/h1-3,8-9,14-15H,(H2,13,16). The molecule has 84 valence electrons. The lowest BCUT2D eigenvalue weighted by molar-refractivity contribution is -0.131. The Morgan fingerprint density at radius 1 is 1.50 bits per heavy atom. The number of nitriles is 1. The summed E-state index contributed by atoms with van der Waals surface area (Å²) in [6, 6.07) is 5.93. The van der Waals surface area contributed by atoms with Gasteiger partial charge in [0.05, 0.1) is 11.6 Å². The molecule has 1 aromatic carbocycles. The quantitative estimate of drug-likeness (QED) is 0.696. The SMILES string of the molecule is N#Cc1cc(Cl)ccc1C(O)C(O)C(N)=O. The summed E-state index contributed by atoms with van der Waals surface area (Å²) in [7, 11) is 0. The predicted octanol–water partition coefficient (Wildman–Crippen LogP) is 0.0913. The molecule has 0 aromatic heterocycles. The van der Waals surface area contributed by atoms with Crippen molar-refractivity contribution < 1.29 is 15.0 Å². The summed E-state index contributed by atoms with van der Waals surface area (Å²) in [5.41, 5.74) is 5.03. The fourth-order valence-electron chi connectivity index (χ4n) is 1.21. The number of hydrogen-bond donors (Lipinski definition) is 3. The number of halogens is 1. The van der Waals surface area contributed by atoms with Crippen molar-refractivity contribution in [2.24, 2.45) is 5.73 Å². The van der Waals surface area contributed by atoms with Gasteiger partial charge in [-0.15, -0.1) is 0 Å². The van der Waals surface area contributed by atoms with Crippen LogP contribution < -0.4 is 5.73 Å². The van der Waals surface area contributed by atoms with E-state index >= 15 is 0 Å². The maximum absolute atomic E-state index is 10.7. The molecule has 2 atom stereocenters. The van der Waals surface area contributed by atoms with Crippen molar-refractivity contribution in [3.8, 4) is 6.07 Å². The molecule has 0 radical (unpaired) electrons. The van der Waals surface area contributed by atoms with E-state index in [-0.39, 0.29) is 11.1 Å². The Kier molecular flexibility index (Phi) is 3.85. The van der Waals surface area contributed by atoms with Crippen LogP contribution in [0.3, 0.4) is 0 Å². The fourth-order valence-corrected chi connectivity index (χ4v) is 1.38. The number of primary amides is 1. The summed E-state index contributed by atoms with van der Waals surface area (Å²) >= 11 is 5.66. The zero-order chi connectivity index (χ0) is 12.3.